The number of amides is 1. The highest BCUT2D eigenvalue weighted by atomic mass is 16.5. The van der Waals surface area contributed by atoms with Crippen molar-refractivity contribution in [3.05, 3.63) is 59.8 Å². The average Bonchev–Trinajstić information content (AvgIpc) is 3.02. The molecule has 0 unspecified atom stereocenters. The lowest BCUT2D eigenvalue weighted by Gasteiger charge is -2.23. The molecule has 0 saturated heterocycles. The molecule has 3 aromatic rings. The molecule has 3 rings (SSSR count). The maximum absolute atomic E-state index is 13.1. The van der Waals surface area contributed by atoms with Crippen molar-refractivity contribution in [2.24, 2.45) is 0 Å². The van der Waals surface area contributed by atoms with Gasteiger partial charge in [0, 0.05) is 33.9 Å². The molecule has 2 aromatic carbocycles. The smallest absolute Gasteiger partial charge is 0.238 e. The number of ether oxygens (including phenoxy) is 1. The monoisotopic (exact) mass is 379 g/mol. The summed E-state index contributed by atoms with van der Waals surface area (Å²) in [5.74, 6) is 0.474. The Morgan fingerprint density at radius 3 is 2.68 bits per heavy atom. The second kappa shape index (κ2) is 8.27. The quantitative estimate of drug-likeness (QED) is 0.615. The van der Waals surface area contributed by atoms with Crippen molar-refractivity contribution < 1.29 is 14.3 Å². The van der Waals surface area contributed by atoms with E-state index < -0.39 is 6.04 Å². The molecule has 1 aromatic heterocycles. The number of para-hydroxylation sites is 1. The number of nitrogens with one attached hydrogen (secondary N) is 2. The number of aromatic amines is 1. The minimum atomic E-state index is -0.436. The van der Waals surface area contributed by atoms with Crippen molar-refractivity contribution in [1.29, 1.82) is 0 Å². The standard InChI is InChI=1S/C22H25N3O3/c1-14-21(18-10-5-6-11-19(18)23-14)22(27)15(2)25(3)13-20(26)24-16-8-7-9-17(12-16)28-4/h5-12,15,23H,13H2,1-4H3,(H,24,26)/t15-/m1/s1. The van der Waals surface area contributed by atoms with Crippen LogP contribution in [0.1, 0.15) is 23.0 Å². The summed E-state index contributed by atoms with van der Waals surface area (Å²) in [6, 6.07) is 14.5. The number of carbonyl (C=O) groups is 2. The number of methoxy groups -OCH3 is 1. The van der Waals surface area contributed by atoms with Gasteiger partial charge >= 0.3 is 0 Å². The van der Waals surface area contributed by atoms with E-state index in [1.165, 1.54) is 0 Å². The van der Waals surface area contributed by atoms with Crippen molar-refractivity contribution in [2.45, 2.75) is 19.9 Å². The zero-order valence-corrected chi connectivity index (χ0v) is 16.6. The molecule has 0 radical (unpaired) electrons. The van der Waals surface area contributed by atoms with Crippen LogP contribution in [0.15, 0.2) is 48.5 Å². The molecule has 6 heteroatoms. The zero-order valence-electron chi connectivity index (χ0n) is 16.6. The molecular weight excluding hydrogens is 354 g/mol. The van der Waals surface area contributed by atoms with Crippen LogP contribution < -0.4 is 10.1 Å². The molecule has 0 aliphatic heterocycles. The van der Waals surface area contributed by atoms with Gasteiger partial charge in [0.1, 0.15) is 5.75 Å². The zero-order chi connectivity index (χ0) is 20.3. The van der Waals surface area contributed by atoms with Crippen molar-refractivity contribution in [3.63, 3.8) is 0 Å². The third-order valence-corrected chi connectivity index (χ3v) is 4.93. The molecule has 1 heterocycles. The van der Waals surface area contributed by atoms with Crippen LogP contribution in [-0.2, 0) is 4.79 Å². The molecule has 6 nitrogen and oxygen atoms in total. The molecule has 0 aliphatic rings. The molecule has 28 heavy (non-hydrogen) atoms. The number of benzene rings is 2. The largest absolute Gasteiger partial charge is 0.497 e. The lowest BCUT2D eigenvalue weighted by molar-refractivity contribution is -0.117. The molecule has 0 aliphatic carbocycles. The van der Waals surface area contributed by atoms with E-state index in [0.29, 0.717) is 17.0 Å². The van der Waals surface area contributed by atoms with Crippen LogP contribution in [-0.4, -0.2) is 48.3 Å². The number of nitrogens with zero attached hydrogens (tertiary/aromatic N) is 1. The minimum absolute atomic E-state index is 0.00775. The van der Waals surface area contributed by atoms with Crippen LogP contribution >= 0.6 is 0 Å². The van der Waals surface area contributed by atoms with E-state index in [-0.39, 0.29) is 18.2 Å². The number of hydrogen-bond acceptors (Lipinski definition) is 4. The Bertz CT molecular complexity index is 1010. The average molecular weight is 379 g/mol. The first-order chi connectivity index (χ1) is 13.4. The van der Waals surface area contributed by atoms with Gasteiger partial charge in [-0.1, -0.05) is 24.3 Å². The molecule has 2 N–H and O–H groups in total. The van der Waals surface area contributed by atoms with Gasteiger partial charge in [-0.2, -0.15) is 0 Å². The van der Waals surface area contributed by atoms with E-state index in [1.54, 1.807) is 31.2 Å². The summed E-state index contributed by atoms with van der Waals surface area (Å²) in [7, 11) is 3.35. The Balaban J connectivity index is 1.69. The predicted octanol–water partition coefficient (Wildman–Crippen LogP) is 3.63. The van der Waals surface area contributed by atoms with Gasteiger partial charge in [-0.3, -0.25) is 14.5 Å². The van der Waals surface area contributed by atoms with Crippen LogP contribution in [0, 0.1) is 6.92 Å². The number of aryl methyl sites for hydroxylation is 1. The van der Waals surface area contributed by atoms with Gasteiger partial charge in [-0.15, -0.1) is 0 Å². The van der Waals surface area contributed by atoms with Crippen LogP contribution in [0.2, 0.25) is 0 Å². The molecule has 0 bridgehead atoms. The highest BCUT2D eigenvalue weighted by Crippen LogP contribution is 2.24. The maximum atomic E-state index is 13.1. The number of aromatic nitrogens is 1. The summed E-state index contributed by atoms with van der Waals surface area (Å²) in [4.78, 5) is 30.5. The summed E-state index contributed by atoms with van der Waals surface area (Å²) in [6.45, 7) is 3.82. The number of hydrogen-bond donors (Lipinski definition) is 2. The number of ketones is 1. The molecule has 1 atom stereocenters. The Labute approximate surface area is 164 Å². The van der Waals surface area contributed by atoms with Crippen LogP contribution in [0.25, 0.3) is 10.9 Å². The lowest BCUT2D eigenvalue weighted by Crippen LogP contribution is -2.41. The second-order valence-electron chi connectivity index (χ2n) is 6.91. The molecule has 0 spiro atoms. The van der Waals surface area contributed by atoms with E-state index in [2.05, 4.69) is 10.3 Å². The third-order valence-electron chi connectivity index (χ3n) is 4.93. The van der Waals surface area contributed by atoms with Crippen LogP contribution in [0.4, 0.5) is 5.69 Å². The van der Waals surface area contributed by atoms with E-state index in [9.17, 15) is 9.59 Å². The Hall–Kier alpha value is -3.12. The van der Waals surface area contributed by atoms with E-state index in [0.717, 1.165) is 16.6 Å². The predicted molar refractivity (Wildman–Crippen MR) is 111 cm³/mol. The normalized spacial score (nSPS) is 12.2. The Kier molecular flexibility index (Phi) is 5.80. The van der Waals surface area contributed by atoms with Gasteiger partial charge in [0.15, 0.2) is 5.78 Å². The van der Waals surface area contributed by atoms with E-state index in [1.807, 2.05) is 50.2 Å². The number of Topliss-reactive ketones (excluding diaryl/α,β-unsaturated/α-hetero) is 1. The van der Waals surface area contributed by atoms with Gasteiger partial charge in [0.25, 0.3) is 0 Å². The number of carbonyl (C=O) groups excluding carboxylic acids is 2. The van der Waals surface area contributed by atoms with Gasteiger partial charge in [-0.25, -0.2) is 0 Å². The summed E-state index contributed by atoms with van der Waals surface area (Å²) < 4.78 is 5.17. The minimum Gasteiger partial charge on any atom is -0.497 e. The first kappa shape index (κ1) is 19.6. The Morgan fingerprint density at radius 2 is 1.93 bits per heavy atom. The number of anilines is 1. The van der Waals surface area contributed by atoms with Crippen molar-refractivity contribution in [1.82, 2.24) is 9.88 Å². The number of fused-ring (bicyclic) bond motifs is 1. The summed E-state index contributed by atoms with van der Waals surface area (Å²) in [5.41, 5.74) is 3.12. The van der Waals surface area contributed by atoms with Crippen LogP contribution in [0.5, 0.6) is 5.75 Å². The fourth-order valence-electron chi connectivity index (χ4n) is 3.27. The molecule has 1 amide bonds. The van der Waals surface area contributed by atoms with E-state index in [4.69, 9.17) is 4.74 Å². The Morgan fingerprint density at radius 1 is 1.18 bits per heavy atom. The molecular formula is C22H25N3O3. The number of rotatable bonds is 7. The van der Waals surface area contributed by atoms with E-state index >= 15 is 0 Å². The maximum Gasteiger partial charge on any atom is 0.238 e. The summed E-state index contributed by atoms with van der Waals surface area (Å²) in [6.07, 6.45) is 0. The third kappa shape index (κ3) is 4.07. The van der Waals surface area contributed by atoms with Crippen molar-refractivity contribution in [3.8, 4) is 5.75 Å². The van der Waals surface area contributed by atoms with Gasteiger partial charge in [-0.05, 0) is 39.1 Å². The number of H-pyrrole nitrogens is 1. The summed E-state index contributed by atoms with van der Waals surface area (Å²) in [5, 5.41) is 3.75. The first-order valence-electron chi connectivity index (χ1n) is 9.16. The van der Waals surface area contributed by atoms with Crippen molar-refractivity contribution in [2.75, 3.05) is 26.0 Å². The van der Waals surface area contributed by atoms with Crippen molar-refractivity contribution >= 4 is 28.3 Å². The second-order valence-corrected chi connectivity index (χ2v) is 6.91. The SMILES string of the molecule is COc1cccc(NC(=O)CN(C)[C@H](C)C(=O)c2c(C)[nH]c3ccccc23)c1. The fraction of sp³-hybridized carbons (Fsp3) is 0.273. The number of likely N-dealkylation sites (N-methyl/N-ethyl adjacent to an activating group) is 1. The topological polar surface area (TPSA) is 74.4 Å². The molecule has 0 saturated carbocycles. The highest BCUT2D eigenvalue weighted by Gasteiger charge is 2.25. The fourth-order valence-corrected chi connectivity index (χ4v) is 3.27. The van der Waals surface area contributed by atoms with Gasteiger partial charge in [0.05, 0.1) is 19.7 Å². The lowest BCUT2D eigenvalue weighted by atomic mass is 10.0. The summed E-state index contributed by atoms with van der Waals surface area (Å²) >= 11 is 0. The first-order valence-corrected chi connectivity index (χ1v) is 9.16. The van der Waals surface area contributed by atoms with Crippen LogP contribution in [0.3, 0.4) is 0 Å². The molecule has 0 fully saturated rings. The molecule has 146 valence electrons. The van der Waals surface area contributed by atoms with Gasteiger partial charge in [0.2, 0.25) is 5.91 Å². The van der Waals surface area contributed by atoms with Gasteiger partial charge < -0.3 is 15.0 Å². The highest BCUT2D eigenvalue weighted by molar-refractivity contribution is 6.11.